The van der Waals surface area contributed by atoms with Crippen molar-refractivity contribution >= 4 is 6.09 Å². The highest BCUT2D eigenvalue weighted by molar-refractivity contribution is 5.65. The summed E-state index contributed by atoms with van der Waals surface area (Å²) in [6.07, 6.45) is -0.986. The summed E-state index contributed by atoms with van der Waals surface area (Å²) in [5.41, 5.74) is 5.40. The maximum atomic E-state index is 13.1. The van der Waals surface area contributed by atoms with Crippen LogP contribution >= 0.6 is 0 Å². The fourth-order valence-corrected chi connectivity index (χ4v) is 1.55. The Morgan fingerprint density at radius 2 is 2.23 bits per heavy atom. The van der Waals surface area contributed by atoms with Crippen LogP contribution in [0.1, 0.15) is 19.3 Å². The van der Waals surface area contributed by atoms with Crippen LogP contribution in [0.2, 0.25) is 0 Å². The van der Waals surface area contributed by atoms with Crippen molar-refractivity contribution in [1.29, 1.82) is 0 Å². The molecule has 0 radical (unpaired) electrons. The molecule has 0 spiro atoms. The van der Waals surface area contributed by atoms with Gasteiger partial charge in [-0.05, 0) is 12.8 Å². The van der Waals surface area contributed by atoms with Crippen LogP contribution in [0.25, 0.3) is 0 Å². The minimum absolute atomic E-state index is 0.300. The molecule has 1 amide bonds. The lowest BCUT2D eigenvalue weighted by Gasteiger charge is -2.35. The molecule has 13 heavy (non-hydrogen) atoms. The van der Waals surface area contributed by atoms with Crippen LogP contribution in [0.4, 0.5) is 13.6 Å². The molecular weight excluding hydrogens is 182 g/mol. The number of carboxylic acid groups (broad SMARTS) is 1. The molecule has 4 nitrogen and oxygen atoms in total. The van der Waals surface area contributed by atoms with Gasteiger partial charge in [0.05, 0.1) is 0 Å². The molecule has 0 heterocycles. The van der Waals surface area contributed by atoms with Gasteiger partial charge in [0.1, 0.15) is 6.04 Å². The van der Waals surface area contributed by atoms with Crippen molar-refractivity contribution in [2.45, 2.75) is 37.3 Å². The topological polar surface area (TPSA) is 75.3 Å². The van der Waals surface area contributed by atoms with Gasteiger partial charge < -0.3 is 16.2 Å². The summed E-state index contributed by atoms with van der Waals surface area (Å²) in [5, 5.41) is 10.1. The molecule has 1 rings (SSSR count). The van der Waals surface area contributed by atoms with E-state index in [1.807, 2.05) is 0 Å². The largest absolute Gasteiger partial charge is 0.465 e. The van der Waals surface area contributed by atoms with Crippen molar-refractivity contribution in [2.24, 2.45) is 5.73 Å². The third kappa shape index (κ3) is 2.27. The van der Waals surface area contributed by atoms with E-state index < -0.39 is 24.1 Å². The Bertz CT molecular complexity index is 211. The van der Waals surface area contributed by atoms with Crippen molar-refractivity contribution in [3.63, 3.8) is 0 Å². The van der Waals surface area contributed by atoms with E-state index >= 15 is 0 Å². The first kappa shape index (κ1) is 10.2. The maximum Gasteiger partial charge on any atom is 0.405 e. The number of hydrogen-bond acceptors (Lipinski definition) is 2. The molecule has 0 aliphatic heterocycles. The molecule has 0 bridgehead atoms. The molecule has 76 valence electrons. The molecule has 0 aromatic carbocycles. The minimum Gasteiger partial charge on any atom is -0.465 e. The normalized spacial score (nSPS) is 32.5. The summed E-state index contributed by atoms with van der Waals surface area (Å²) in [6, 6.07) is -2.24. The van der Waals surface area contributed by atoms with Gasteiger partial charge in [-0.1, -0.05) is 0 Å². The number of halogens is 2. The van der Waals surface area contributed by atoms with Gasteiger partial charge >= 0.3 is 6.09 Å². The van der Waals surface area contributed by atoms with E-state index in [9.17, 15) is 13.6 Å². The molecule has 0 aromatic heterocycles. The molecule has 0 aromatic rings. The Labute approximate surface area is 74.1 Å². The van der Waals surface area contributed by atoms with Crippen molar-refractivity contribution in [1.82, 2.24) is 5.32 Å². The molecule has 2 atom stereocenters. The zero-order chi connectivity index (χ0) is 10.1. The fraction of sp³-hybridized carbons (Fsp3) is 0.857. The summed E-state index contributed by atoms with van der Waals surface area (Å²) >= 11 is 0. The Morgan fingerprint density at radius 3 is 2.69 bits per heavy atom. The van der Waals surface area contributed by atoms with E-state index in [-0.39, 0.29) is 6.42 Å². The first-order chi connectivity index (χ1) is 5.93. The highest BCUT2D eigenvalue weighted by Crippen LogP contribution is 2.32. The van der Waals surface area contributed by atoms with Gasteiger partial charge in [0, 0.05) is 12.5 Å². The second-order valence-corrected chi connectivity index (χ2v) is 3.24. The lowest BCUT2D eigenvalue weighted by Crippen LogP contribution is -2.59. The van der Waals surface area contributed by atoms with Crippen LogP contribution in [0, 0.1) is 0 Å². The van der Waals surface area contributed by atoms with Crippen molar-refractivity contribution in [3.8, 4) is 0 Å². The number of carbonyl (C=O) groups is 1. The summed E-state index contributed by atoms with van der Waals surface area (Å²) < 4.78 is 26.1. The van der Waals surface area contributed by atoms with E-state index in [0.717, 1.165) is 0 Å². The van der Waals surface area contributed by atoms with Gasteiger partial charge in [-0.3, -0.25) is 0 Å². The van der Waals surface area contributed by atoms with Crippen molar-refractivity contribution in [3.05, 3.63) is 0 Å². The number of nitrogens with one attached hydrogen (secondary N) is 1. The molecule has 0 saturated heterocycles. The summed E-state index contributed by atoms with van der Waals surface area (Å²) in [7, 11) is 0. The quantitative estimate of drug-likeness (QED) is 0.577. The van der Waals surface area contributed by atoms with Crippen molar-refractivity contribution in [2.75, 3.05) is 0 Å². The SMILES string of the molecule is N[C@H]1CCCC(F)(F)[C@@H]1NC(=O)O. The van der Waals surface area contributed by atoms with E-state index in [1.165, 1.54) is 0 Å². The number of amides is 1. The minimum atomic E-state index is -3.02. The first-order valence-corrected chi connectivity index (χ1v) is 4.06. The van der Waals surface area contributed by atoms with Gasteiger partial charge in [0.25, 0.3) is 5.92 Å². The summed E-state index contributed by atoms with van der Waals surface area (Å²) in [6.45, 7) is 0. The van der Waals surface area contributed by atoms with E-state index in [0.29, 0.717) is 12.8 Å². The van der Waals surface area contributed by atoms with Crippen LogP contribution in [-0.4, -0.2) is 29.2 Å². The second kappa shape index (κ2) is 3.45. The number of hydrogen-bond donors (Lipinski definition) is 3. The summed E-state index contributed by atoms with van der Waals surface area (Å²) in [5.74, 6) is -3.02. The number of nitrogens with two attached hydrogens (primary N) is 1. The highest BCUT2D eigenvalue weighted by Gasteiger charge is 2.46. The molecular formula is C7H12F2N2O2. The molecule has 6 heteroatoms. The lowest BCUT2D eigenvalue weighted by molar-refractivity contribution is -0.0679. The van der Waals surface area contributed by atoms with E-state index in [1.54, 1.807) is 5.32 Å². The van der Waals surface area contributed by atoms with Crippen LogP contribution in [0.15, 0.2) is 0 Å². The maximum absolute atomic E-state index is 13.1. The van der Waals surface area contributed by atoms with Crippen LogP contribution in [0.3, 0.4) is 0 Å². The van der Waals surface area contributed by atoms with Gasteiger partial charge in [0.2, 0.25) is 0 Å². The van der Waals surface area contributed by atoms with Crippen LogP contribution in [0.5, 0.6) is 0 Å². The summed E-state index contributed by atoms with van der Waals surface area (Å²) in [4.78, 5) is 10.2. The van der Waals surface area contributed by atoms with Gasteiger partial charge in [-0.2, -0.15) is 0 Å². The number of rotatable bonds is 1. The molecule has 1 fully saturated rings. The molecule has 1 saturated carbocycles. The predicted molar refractivity (Wildman–Crippen MR) is 41.7 cm³/mol. The predicted octanol–water partition coefficient (Wildman–Crippen LogP) is 0.769. The second-order valence-electron chi connectivity index (χ2n) is 3.24. The van der Waals surface area contributed by atoms with E-state index in [4.69, 9.17) is 10.8 Å². The van der Waals surface area contributed by atoms with Crippen LogP contribution < -0.4 is 11.1 Å². The number of alkyl halides is 2. The van der Waals surface area contributed by atoms with E-state index in [2.05, 4.69) is 0 Å². The Kier molecular flexibility index (Phi) is 2.70. The Balaban J connectivity index is 2.68. The molecule has 0 unspecified atom stereocenters. The zero-order valence-electron chi connectivity index (χ0n) is 6.96. The average molecular weight is 194 g/mol. The van der Waals surface area contributed by atoms with Gasteiger partial charge in [-0.15, -0.1) is 0 Å². The van der Waals surface area contributed by atoms with Gasteiger partial charge in [-0.25, -0.2) is 13.6 Å². The third-order valence-electron chi connectivity index (χ3n) is 2.21. The average Bonchev–Trinajstić information content (AvgIpc) is 1.96. The highest BCUT2D eigenvalue weighted by atomic mass is 19.3. The zero-order valence-corrected chi connectivity index (χ0v) is 6.96. The molecule has 4 N–H and O–H groups in total. The van der Waals surface area contributed by atoms with Crippen LogP contribution in [-0.2, 0) is 0 Å². The smallest absolute Gasteiger partial charge is 0.405 e. The first-order valence-electron chi connectivity index (χ1n) is 4.06. The lowest BCUT2D eigenvalue weighted by atomic mass is 9.87. The monoisotopic (exact) mass is 194 g/mol. The molecule has 1 aliphatic carbocycles. The standard InChI is InChI=1S/C7H12F2N2O2/c8-7(9)3-1-2-4(10)5(7)11-6(12)13/h4-5,11H,1-3,10H2,(H,12,13)/t4-,5+/m0/s1. The third-order valence-corrected chi connectivity index (χ3v) is 2.21. The Morgan fingerprint density at radius 1 is 1.62 bits per heavy atom. The molecule has 1 aliphatic rings. The van der Waals surface area contributed by atoms with Crippen molar-refractivity contribution < 1.29 is 18.7 Å². The Hall–Kier alpha value is -0.910. The van der Waals surface area contributed by atoms with Gasteiger partial charge in [0.15, 0.2) is 0 Å². The fourth-order valence-electron chi connectivity index (χ4n) is 1.55.